The molecule has 1 aliphatic heterocycles. The first-order chi connectivity index (χ1) is 12.3. The molecular formula is C16H24N8O. The zero-order valence-electron chi connectivity index (χ0n) is 14.3. The van der Waals surface area contributed by atoms with Gasteiger partial charge in [-0.15, -0.1) is 5.10 Å². The Kier molecular flexibility index (Phi) is 4.62. The highest BCUT2D eigenvalue weighted by molar-refractivity contribution is 5.87. The fourth-order valence-electron chi connectivity index (χ4n) is 3.79. The molecule has 25 heavy (non-hydrogen) atoms. The lowest BCUT2D eigenvalue weighted by molar-refractivity contribution is 0.174. The van der Waals surface area contributed by atoms with Gasteiger partial charge in [-0.2, -0.15) is 5.10 Å². The van der Waals surface area contributed by atoms with Crippen molar-refractivity contribution >= 4 is 12.0 Å². The van der Waals surface area contributed by atoms with E-state index < -0.39 is 0 Å². The minimum absolute atomic E-state index is 0.147. The summed E-state index contributed by atoms with van der Waals surface area (Å²) in [7, 11) is 0. The molecule has 4 rings (SSSR count). The maximum atomic E-state index is 12.5. The van der Waals surface area contributed by atoms with Crippen LogP contribution < -0.4 is 5.32 Å². The minimum Gasteiger partial charge on any atom is -0.322 e. The number of carbonyl (C=O) groups excluding carboxylic acids is 1. The molecule has 0 bridgehead atoms. The summed E-state index contributed by atoms with van der Waals surface area (Å²) in [5.74, 6) is 0.387. The lowest BCUT2D eigenvalue weighted by atomic mass is 9.96. The molecule has 1 aliphatic carbocycles. The van der Waals surface area contributed by atoms with E-state index in [9.17, 15) is 4.79 Å². The molecule has 0 unspecified atom stereocenters. The lowest BCUT2D eigenvalue weighted by Gasteiger charge is -2.32. The highest BCUT2D eigenvalue weighted by Gasteiger charge is 2.26. The summed E-state index contributed by atoms with van der Waals surface area (Å²) >= 11 is 0. The summed E-state index contributed by atoms with van der Waals surface area (Å²) in [5.41, 5.74) is 0. The second-order valence-electron chi connectivity index (χ2n) is 6.89. The van der Waals surface area contributed by atoms with Crippen molar-refractivity contribution in [1.82, 2.24) is 34.4 Å². The number of aromatic nitrogens is 6. The van der Waals surface area contributed by atoms with Gasteiger partial charge in [-0.3, -0.25) is 5.32 Å². The van der Waals surface area contributed by atoms with Crippen LogP contribution in [0, 0.1) is 0 Å². The lowest BCUT2D eigenvalue weighted by Crippen LogP contribution is -2.43. The van der Waals surface area contributed by atoms with Gasteiger partial charge in [0.2, 0.25) is 5.95 Å². The van der Waals surface area contributed by atoms with Crippen molar-refractivity contribution in [3.05, 3.63) is 19.0 Å². The van der Waals surface area contributed by atoms with Crippen molar-refractivity contribution in [1.29, 1.82) is 0 Å². The van der Waals surface area contributed by atoms with Gasteiger partial charge in [0, 0.05) is 13.1 Å². The van der Waals surface area contributed by atoms with E-state index in [1.165, 1.54) is 25.6 Å². The third-order valence-corrected chi connectivity index (χ3v) is 5.17. The molecule has 1 saturated heterocycles. The topological polar surface area (TPSA) is 93.8 Å². The Morgan fingerprint density at radius 3 is 2.68 bits per heavy atom. The Balaban J connectivity index is 1.36. The third kappa shape index (κ3) is 3.64. The molecule has 134 valence electrons. The first-order valence-electron chi connectivity index (χ1n) is 9.11. The largest absolute Gasteiger partial charge is 0.324 e. The maximum absolute atomic E-state index is 12.5. The zero-order chi connectivity index (χ0) is 17.1. The van der Waals surface area contributed by atoms with Crippen molar-refractivity contribution in [2.24, 2.45) is 0 Å². The average Bonchev–Trinajstić information content (AvgIpc) is 3.35. The van der Waals surface area contributed by atoms with E-state index in [0.29, 0.717) is 18.5 Å². The average molecular weight is 344 g/mol. The monoisotopic (exact) mass is 344 g/mol. The van der Waals surface area contributed by atoms with Crippen LogP contribution in [-0.4, -0.2) is 53.5 Å². The number of likely N-dealkylation sites (tertiary alicyclic amines) is 1. The molecule has 0 spiro atoms. The third-order valence-electron chi connectivity index (χ3n) is 5.17. The molecule has 2 fully saturated rings. The van der Waals surface area contributed by atoms with Crippen LogP contribution >= 0.6 is 0 Å². The number of hydrogen-bond donors (Lipinski definition) is 1. The van der Waals surface area contributed by atoms with Crippen molar-refractivity contribution in [3.63, 3.8) is 0 Å². The number of amides is 2. The van der Waals surface area contributed by atoms with Gasteiger partial charge < -0.3 is 4.90 Å². The summed E-state index contributed by atoms with van der Waals surface area (Å²) in [6.07, 6.45) is 13.0. The van der Waals surface area contributed by atoms with Gasteiger partial charge in [0.25, 0.3) is 0 Å². The standard InChI is InChI=1S/C16H24N8O/c25-16(22-8-4-7-14(9-22)23-11-17-10-19-23)20-15-18-12-24(21-15)13-5-2-1-3-6-13/h10-14H,1-9H2,(H,20,21,25)/t14-/m1/s1. The molecule has 2 aromatic heterocycles. The Bertz CT molecular complexity index is 691. The van der Waals surface area contributed by atoms with Crippen LogP contribution in [0.15, 0.2) is 19.0 Å². The smallest absolute Gasteiger partial charge is 0.322 e. The van der Waals surface area contributed by atoms with Crippen LogP contribution in [0.1, 0.15) is 57.0 Å². The summed E-state index contributed by atoms with van der Waals surface area (Å²) in [6, 6.07) is 0.444. The second-order valence-corrected chi connectivity index (χ2v) is 6.89. The van der Waals surface area contributed by atoms with Gasteiger partial charge in [-0.05, 0) is 25.7 Å². The number of carbonyl (C=O) groups is 1. The number of anilines is 1. The highest BCUT2D eigenvalue weighted by Crippen LogP contribution is 2.27. The number of nitrogens with one attached hydrogen (secondary N) is 1. The first-order valence-corrected chi connectivity index (χ1v) is 9.11. The quantitative estimate of drug-likeness (QED) is 0.921. The van der Waals surface area contributed by atoms with Gasteiger partial charge >= 0.3 is 6.03 Å². The van der Waals surface area contributed by atoms with Crippen LogP contribution in [-0.2, 0) is 0 Å². The Morgan fingerprint density at radius 2 is 1.88 bits per heavy atom. The van der Waals surface area contributed by atoms with E-state index in [-0.39, 0.29) is 12.1 Å². The van der Waals surface area contributed by atoms with Crippen LogP contribution in [0.25, 0.3) is 0 Å². The molecular weight excluding hydrogens is 320 g/mol. The fraction of sp³-hybridized carbons (Fsp3) is 0.688. The SMILES string of the molecule is O=C(Nc1ncn(C2CCCCC2)n1)N1CCC[C@@H](n2cncn2)C1. The van der Waals surface area contributed by atoms with Crippen molar-refractivity contribution in [3.8, 4) is 0 Å². The molecule has 1 atom stereocenters. The summed E-state index contributed by atoms with van der Waals surface area (Å²) in [5, 5.41) is 11.5. The van der Waals surface area contributed by atoms with Crippen LogP contribution in [0.3, 0.4) is 0 Å². The normalized spacial score (nSPS) is 22.1. The van der Waals surface area contributed by atoms with Crippen molar-refractivity contribution in [2.75, 3.05) is 18.4 Å². The molecule has 1 N–H and O–H groups in total. The van der Waals surface area contributed by atoms with E-state index >= 15 is 0 Å². The van der Waals surface area contributed by atoms with Crippen LogP contribution in [0.4, 0.5) is 10.7 Å². The highest BCUT2D eigenvalue weighted by atomic mass is 16.2. The van der Waals surface area contributed by atoms with E-state index in [2.05, 4.69) is 25.5 Å². The summed E-state index contributed by atoms with van der Waals surface area (Å²) in [4.78, 5) is 22.6. The van der Waals surface area contributed by atoms with Gasteiger partial charge in [0.05, 0.1) is 12.1 Å². The molecule has 0 radical (unpaired) electrons. The molecule has 2 aromatic rings. The first kappa shape index (κ1) is 16.0. The van der Waals surface area contributed by atoms with Crippen molar-refractivity contribution < 1.29 is 4.79 Å². The molecule has 9 nitrogen and oxygen atoms in total. The van der Waals surface area contributed by atoms with Gasteiger partial charge in [-0.1, -0.05) is 19.3 Å². The number of rotatable bonds is 3. The molecule has 3 heterocycles. The van der Waals surface area contributed by atoms with Gasteiger partial charge in [-0.25, -0.2) is 24.1 Å². The van der Waals surface area contributed by atoms with E-state index in [0.717, 1.165) is 32.2 Å². The minimum atomic E-state index is -0.147. The Morgan fingerprint density at radius 1 is 1.04 bits per heavy atom. The van der Waals surface area contributed by atoms with Gasteiger partial charge in [0.15, 0.2) is 0 Å². The molecule has 0 aromatic carbocycles. The van der Waals surface area contributed by atoms with Crippen molar-refractivity contribution in [2.45, 2.75) is 57.0 Å². The molecule has 9 heteroatoms. The Labute approximate surface area is 146 Å². The van der Waals surface area contributed by atoms with Gasteiger partial charge in [0.1, 0.15) is 19.0 Å². The van der Waals surface area contributed by atoms with E-state index in [4.69, 9.17) is 0 Å². The Hall–Kier alpha value is -2.45. The number of urea groups is 1. The summed E-state index contributed by atoms with van der Waals surface area (Å²) in [6.45, 7) is 1.36. The molecule has 2 aliphatic rings. The summed E-state index contributed by atoms with van der Waals surface area (Å²) < 4.78 is 3.73. The number of hydrogen-bond acceptors (Lipinski definition) is 5. The number of nitrogens with zero attached hydrogens (tertiary/aromatic N) is 7. The predicted octanol–water partition coefficient (Wildman–Crippen LogP) is 2.24. The number of piperidine rings is 1. The zero-order valence-corrected chi connectivity index (χ0v) is 14.3. The van der Waals surface area contributed by atoms with E-state index in [1.807, 2.05) is 9.36 Å². The molecule has 1 saturated carbocycles. The van der Waals surface area contributed by atoms with E-state index in [1.54, 1.807) is 17.6 Å². The van der Waals surface area contributed by atoms with Crippen LogP contribution in [0.5, 0.6) is 0 Å². The maximum Gasteiger partial charge on any atom is 0.324 e. The fourth-order valence-corrected chi connectivity index (χ4v) is 3.79. The van der Waals surface area contributed by atoms with Crippen LogP contribution in [0.2, 0.25) is 0 Å². The predicted molar refractivity (Wildman–Crippen MR) is 91.0 cm³/mol. The second kappa shape index (κ2) is 7.20. The molecule has 2 amide bonds.